The highest BCUT2D eigenvalue weighted by molar-refractivity contribution is 14.1. The summed E-state index contributed by atoms with van der Waals surface area (Å²) in [6, 6.07) is 24.2. The lowest BCUT2D eigenvalue weighted by atomic mass is 10.2. The van der Waals surface area contributed by atoms with Crippen LogP contribution >= 0.6 is 22.6 Å². The van der Waals surface area contributed by atoms with Crippen molar-refractivity contribution in [3.8, 4) is 28.8 Å². The van der Waals surface area contributed by atoms with Gasteiger partial charge in [0.1, 0.15) is 17.9 Å². The second kappa shape index (κ2) is 12.8. The summed E-state index contributed by atoms with van der Waals surface area (Å²) in [5.41, 5.74) is 2.00. The van der Waals surface area contributed by atoms with Crippen LogP contribution in [-0.2, 0) is 6.61 Å². The fraction of sp³-hybridized carbons (Fsp3) is 0.121. The van der Waals surface area contributed by atoms with E-state index in [1.807, 2.05) is 37.3 Å². The molecule has 4 aromatic carbocycles. The van der Waals surface area contributed by atoms with Gasteiger partial charge in [-0.05, 0) is 83.1 Å². The standard InChI is InChI=1S/C33H25IN4O7/c1-3-43-29-16-21(15-25(34)31(29)44-19-20-8-6-9-22(14-20)38(40)41)18-35-37-32(36-26-11-5-4-10-23(26)33(37)39)30-17-24-27(42-2)12-7-13-28(24)45-30/h4-18H,3,19H2,1-2H3. The van der Waals surface area contributed by atoms with E-state index in [-0.39, 0.29) is 23.7 Å². The number of nitro groups is 1. The molecule has 11 nitrogen and oxygen atoms in total. The molecule has 0 aliphatic rings. The second-order valence-electron chi connectivity index (χ2n) is 9.78. The normalized spacial score (nSPS) is 11.4. The molecule has 6 aromatic rings. The maximum Gasteiger partial charge on any atom is 0.282 e. The second-order valence-corrected chi connectivity index (χ2v) is 10.9. The van der Waals surface area contributed by atoms with Crippen LogP contribution in [0.3, 0.4) is 0 Å². The quantitative estimate of drug-likeness (QED) is 0.0630. The van der Waals surface area contributed by atoms with Gasteiger partial charge in [0, 0.05) is 12.1 Å². The number of furan rings is 1. The summed E-state index contributed by atoms with van der Waals surface area (Å²) in [5, 5.41) is 16.9. The van der Waals surface area contributed by atoms with Gasteiger partial charge in [0.05, 0.1) is 44.7 Å². The average Bonchev–Trinajstić information content (AvgIpc) is 3.49. The van der Waals surface area contributed by atoms with Gasteiger partial charge in [0.25, 0.3) is 11.2 Å². The van der Waals surface area contributed by atoms with E-state index in [4.69, 9.17) is 23.6 Å². The lowest BCUT2D eigenvalue weighted by Gasteiger charge is -2.15. The van der Waals surface area contributed by atoms with E-state index in [0.717, 1.165) is 8.96 Å². The molecule has 0 fully saturated rings. The van der Waals surface area contributed by atoms with Gasteiger partial charge in [-0.15, -0.1) is 0 Å². The van der Waals surface area contributed by atoms with E-state index in [1.54, 1.807) is 55.8 Å². The first-order chi connectivity index (χ1) is 21.9. The zero-order valence-electron chi connectivity index (χ0n) is 24.1. The Morgan fingerprint density at radius 3 is 2.62 bits per heavy atom. The van der Waals surface area contributed by atoms with Crippen molar-refractivity contribution in [2.45, 2.75) is 13.5 Å². The van der Waals surface area contributed by atoms with Crippen LogP contribution in [0.4, 0.5) is 5.69 Å². The third-order valence-corrected chi connectivity index (χ3v) is 7.68. The van der Waals surface area contributed by atoms with Crippen molar-refractivity contribution in [1.82, 2.24) is 9.66 Å². The maximum atomic E-state index is 13.7. The van der Waals surface area contributed by atoms with E-state index in [2.05, 4.69) is 27.7 Å². The van der Waals surface area contributed by atoms with Gasteiger partial charge in [-0.25, -0.2) is 4.98 Å². The molecule has 2 aromatic heterocycles. The summed E-state index contributed by atoms with van der Waals surface area (Å²) in [6.07, 6.45) is 1.54. The number of non-ortho nitro benzene ring substituents is 1. The van der Waals surface area contributed by atoms with Crippen molar-refractivity contribution in [1.29, 1.82) is 0 Å². The Bertz CT molecular complexity index is 2160. The molecule has 2 heterocycles. The Hall–Kier alpha value is -5.24. The summed E-state index contributed by atoms with van der Waals surface area (Å²) >= 11 is 2.13. The van der Waals surface area contributed by atoms with Gasteiger partial charge in [-0.2, -0.15) is 9.78 Å². The van der Waals surface area contributed by atoms with Crippen LogP contribution in [0.2, 0.25) is 0 Å². The van der Waals surface area contributed by atoms with Crippen LogP contribution in [0.5, 0.6) is 17.2 Å². The highest BCUT2D eigenvalue weighted by Crippen LogP contribution is 2.35. The van der Waals surface area contributed by atoms with Gasteiger partial charge >= 0.3 is 0 Å². The van der Waals surface area contributed by atoms with Gasteiger partial charge in [0.15, 0.2) is 17.3 Å². The molecule has 0 aliphatic carbocycles. The van der Waals surface area contributed by atoms with Crippen molar-refractivity contribution >= 4 is 56.4 Å². The fourth-order valence-corrected chi connectivity index (χ4v) is 5.60. The Morgan fingerprint density at radius 2 is 1.82 bits per heavy atom. The summed E-state index contributed by atoms with van der Waals surface area (Å²) in [4.78, 5) is 29.2. The van der Waals surface area contributed by atoms with Gasteiger partial charge < -0.3 is 18.6 Å². The van der Waals surface area contributed by atoms with E-state index in [1.165, 1.54) is 16.8 Å². The smallest absolute Gasteiger partial charge is 0.282 e. The topological polar surface area (TPSA) is 131 Å². The Balaban J connectivity index is 1.39. The number of nitro benzene ring substituents is 1. The first-order valence-electron chi connectivity index (χ1n) is 13.8. The first kappa shape index (κ1) is 29.8. The molecule has 0 amide bonds. The number of para-hydroxylation sites is 1. The van der Waals surface area contributed by atoms with Gasteiger partial charge in [-0.3, -0.25) is 14.9 Å². The molecule has 0 saturated carbocycles. The van der Waals surface area contributed by atoms with E-state index >= 15 is 0 Å². The van der Waals surface area contributed by atoms with Crippen molar-refractivity contribution in [3.63, 3.8) is 0 Å². The van der Waals surface area contributed by atoms with Crippen LogP contribution in [0, 0.1) is 13.7 Å². The molecule has 0 aliphatic heterocycles. The number of benzene rings is 4. The molecule has 0 bridgehead atoms. The minimum Gasteiger partial charge on any atom is -0.496 e. The van der Waals surface area contributed by atoms with E-state index < -0.39 is 4.92 Å². The molecule has 226 valence electrons. The molecule has 0 spiro atoms. The SMILES string of the molecule is CCOc1cc(C=Nn2c(-c3cc4c(OC)cccc4o3)nc3ccccc3c2=O)cc(I)c1OCc1cccc([N+](=O)[O-])c1. The molecule has 0 saturated heterocycles. The predicted molar refractivity (Wildman–Crippen MR) is 179 cm³/mol. The fourth-order valence-electron chi connectivity index (χ4n) is 4.82. The van der Waals surface area contributed by atoms with Crippen LogP contribution in [0.25, 0.3) is 33.5 Å². The largest absolute Gasteiger partial charge is 0.496 e. The van der Waals surface area contributed by atoms with Crippen molar-refractivity contribution < 1.29 is 23.6 Å². The molecular weight excluding hydrogens is 691 g/mol. The third-order valence-electron chi connectivity index (χ3n) is 6.87. The van der Waals surface area contributed by atoms with E-state index in [0.29, 0.717) is 57.2 Å². The number of methoxy groups -OCH3 is 1. The van der Waals surface area contributed by atoms with Crippen LogP contribution in [0.1, 0.15) is 18.1 Å². The average molecular weight is 716 g/mol. The molecule has 6 rings (SSSR count). The van der Waals surface area contributed by atoms with Crippen molar-refractivity contribution in [2.75, 3.05) is 13.7 Å². The van der Waals surface area contributed by atoms with E-state index in [9.17, 15) is 14.9 Å². The number of halogens is 1. The summed E-state index contributed by atoms with van der Waals surface area (Å²) < 4.78 is 25.5. The summed E-state index contributed by atoms with van der Waals surface area (Å²) in [6.45, 7) is 2.33. The third kappa shape index (κ3) is 6.09. The monoisotopic (exact) mass is 716 g/mol. The minimum absolute atomic E-state index is 0.0121. The predicted octanol–water partition coefficient (Wildman–Crippen LogP) is 7.19. The molecule has 0 N–H and O–H groups in total. The molecular formula is C33H25IN4O7. The Kier molecular flexibility index (Phi) is 8.47. The number of aromatic nitrogens is 2. The van der Waals surface area contributed by atoms with Crippen molar-refractivity contribution in [3.05, 3.63) is 120 Å². The molecule has 45 heavy (non-hydrogen) atoms. The molecule has 0 radical (unpaired) electrons. The number of ether oxygens (including phenoxy) is 3. The van der Waals surface area contributed by atoms with Crippen LogP contribution in [-0.4, -0.2) is 34.5 Å². The number of hydrogen-bond donors (Lipinski definition) is 0. The Morgan fingerprint density at radius 1 is 1.00 bits per heavy atom. The van der Waals surface area contributed by atoms with Gasteiger partial charge in [-0.1, -0.05) is 30.3 Å². The molecule has 0 atom stereocenters. The maximum absolute atomic E-state index is 13.7. The lowest BCUT2D eigenvalue weighted by molar-refractivity contribution is -0.384. The number of rotatable bonds is 10. The first-order valence-corrected chi connectivity index (χ1v) is 14.9. The zero-order valence-corrected chi connectivity index (χ0v) is 26.3. The number of hydrogen-bond acceptors (Lipinski definition) is 9. The minimum atomic E-state index is -0.445. The summed E-state index contributed by atoms with van der Waals surface area (Å²) in [5.74, 6) is 2.16. The highest BCUT2D eigenvalue weighted by atomic mass is 127. The van der Waals surface area contributed by atoms with Crippen molar-refractivity contribution in [2.24, 2.45) is 5.10 Å². The Labute approximate surface area is 270 Å². The number of fused-ring (bicyclic) bond motifs is 2. The highest BCUT2D eigenvalue weighted by Gasteiger charge is 2.19. The van der Waals surface area contributed by atoms with Crippen LogP contribution < -0.4 is 19.8 Å². The zero-order chi connectivity index (χ0) is 31.5. The number of nitrogens with zero attached hydrogens (tertiary/aromatic N) is 4. The summed E-state index contributed by atoms with van der Waals surface area (Å²) in [7, 11) is 1.58. The van der Waals surface area contributed by atoms with Crippen LogP contribution in [0.15, 0.2) is 99.2 Å². The van der Waals surface area contributed by atoms with Gasteiger partial charge in [0.2, 0.25) is 5.82 Å². The lowest BCUT2D eigenvalue weighted by Crippen LogP contribution is -2.20. The molecule has 0 unspecified atom stereocenters. The molecule has 12 heteroatoms.